The maximum atomic E-state index is 13.0. The van der Waals surface area contributed by atoms with Crippen LogP contribution in [0, 0.1) is 17.1 Å². The lowest BCUT2D eigenvalue weighted by molar-refractivity contribution is 0.305. The maximum absolute atomic E-state index is 13.0. The molecule has 0 radical (unpaired) electrons. The predicted octanol–water partition coefficient (Wildman–Crippen LogP) is 3.94. The Labute approximate surface area is 111 Å². The van der Waals surface area contributed by atoms with Gasteiger partial charge in [-0.3, -0.25) is 0 Å². The van der Waals surface area contributed by atoms with Gasteiger partial charge in [0.05, 0.1) is 6.07 Å². The number of nitriles is 1. The van der Waals surface area contributed by atoms with Crippen LogP contribution in [0.5, 0.6) is 5.75 Å². The molecule has 0 spiro atoms. The number of hydrogen-bond donors (Lipinski definition) is 0. The Morgan fingerprint density at radius 1 is 1.16 bits per heavy atom. The molecule has 0 saturated heterocycles. The van der Waals surface area contributed by atoms with Crippen LogP contribution in [0.2, 0.25) is 0 Å². The Morgan fingerprint density at radius 3 is 2.63 bits per heavy atom. The second kappa shape index (κ2) is 6.36. The van der Waals surface area contributed by atoms with Crippen molar-refractivity contribution < 1.29 is 9.13 Å². The molecule has 19 heavy (non-hydrogen) atoms. The molecule has 3 heteroatoms. The minimum Gasteiger partial charge on any atom is -0.489 e. The molecule has 0 bridgehead atoms. The van der Waals surface area contributed by atoms with Crippen molar-refractivity contribution in [2.45, 2.75) is 6.61 Å². The molecule has 0 aliphatic heterocycles. The number of benzene rings is 2. The highest BCUT2D eigenvalue weighted by atomic mass is 19.1. The molecule has 0 aliphatic carbocycles. The topological polar surface area (TPSA) is 33.0 Å². The summed E-state index contributed by atoms with van der Waals surface area (Å²) >= 11 is 0. The number of allylic oxidation sites excluding steroid dienone is 1. The van der Waals surface area contributed by atoms with E-state index in [0.717, 1.165) is 11.1 Å². The molecule has 2 aromatic carbocycles. The second-order valence-corrected chi connectivity index (χ2v) is 3.95. The average molecular weight is 253 g/mol. The molecular weight excluding hydrogens is 241 g/mol. The van der Waals surface area contributed by atoms with Gasteiger partial charge in [0.1, 0.15) is 18.2 Å². The summed E-state index contributed by atoms with van der Waals surface area (Å²) in [7, 11) is 0. The number of halogens is 1. The molecule has 0 aromatic heterocycles. The number of nitrogens with zero attached hydrogens (tertiary/aromatic N) is 1. The van der Waals surface area contributed by atoms with Gasteiger partial charge >= 0.3 is 0 Å². The fraction of sp³-hybridized carbons (Fsp3) is 0.0625. The molecule has 0 heterocycles. The van der Waals surface area contributed by atoms with Crippen LogP contribution in [0.15, 0.2) is 54.6 Å². The Bertz CT molecular complexity index is 611. The van der Waals surface area contributed by atoms with Crippen molar-refractivity contribution in [3.05, 3.63) is 71.6 Å². The van der Waals surface area contributed by atoms with Gasteiger partial charge in [-0.25, -0.2) is 4.39 Å². The molecular formula is C16H12FNO. The van der Waals surface area contributed by atoms with Crippen LogP contribution >= 0.6 is 0 Å². The predicted molar refractivity (Wildman–Crippen MR) is 71.8 cm³/mol. The van der Waals surface area contributed by atoms with Crippen LogP contribution in [-0.4, -0.2) is 0 Å². The van der Waals surface area contributed by atoms with Gasteiger partial charge in [-0.05, 0) is 41.5 Å². The highest BCUT2D eigenvalue weighted by molar-refractivity contribution is 5.52. The van der Waals surface area contributed by atoms with Gasteiger partial charge in [0.2, 0.25) is 0 Å². The van der Waals surface area contributed by atoms with E-state index in [4.69, 9.17) is 10.00 Å². The van der Waals surface area contributed by atoms with E-state index >= 15 is 0 Å². The maximum Gasteiger partial charge on any atom is 0.123 e. The van der Waals surface area contributed by atoms with Crippen LogP contribution in [0.4, 0.5) is 4.39 Å². The van der Waals surface area contributed by atoms with E-state index < -0.39 is 0 Å². The molecule has 0 amide bonds. The van der Waals surface area contributed by atoms with E-state index in [-0.39, 0.29) is 5.82 Å². The van der Waals surface area contributed by atoms with Crippen LogP contribution in [0.25, 0.3) is 6.08 Å². The summed E-state index contributed by atoms with van der Waals surface area (Å²) < 4.78 is 18.5. The van der Waals surface area contributed by atoms with E-state index in [2.05, 4.69) is 0 Å². The molecule has 0 aliphatic rings. The minimum absolute atomic E-state index is 0.266. The van der Waals surface area contributed by atoms with Gasteiger partial charge in [0.25, 0.3) is 0 Å². The van der Waals surface area contributed by atoms with Gasteiger partial charge in [-0.2, -0.15) is 5.26 Å². The van der Waals surface area contributed by atoms with Gasteiger partial charge < -0.3 is 4.74 Å². The summed E-state index contributed by atoms with van der Waals surface area (Å²) in [6, 6.07) is 15.6. The van der Waals surface area contributed by atoms with Crippen molar-refractivity contribution in [1.29, 1.82) is 5.26 Å². The fourth-order valence-corrected chi connectivity index (χ4v) is 1.60. The zero-order valence-electron chi connectivity index (χ0n) is 10.2. The largest absolute Gasteiger partial charge is 0.489 e. The molecule has 0 N–H and O–H groups in total. The van der Waals surface area contributed by atoms with Crippen molar-refractivity contribution in [3.8, 4) is 11.8 Å². The normalized spacial score (nSPS) is 10.3. The highest BCUT2D eigenvalue weighted by Gasteiger charge is 1.97. The first kappa shape index (κ1) is 12.8. The first-order valence-corrected chi connectivity index (χ1v) is 5.81. The first-order chi connectivity index (χ1) is 9.28. The lowest BCUT2D eigenvalue weighted by Gasteiger charge is -2.06. The SMILES string of the molecule is N#C/C=C/c1ccc(OCc2cccc(F)c2)cc1. The summed E-state index contributed by atoms with van der Waals surface area (Å²) in [5.74, 6) is 0.441. The zero-order valence-corrected chi connectivity index (χ0v) is 10.2. The van der Waals surface area contributed by atoms with E-state index in [9.17, 15) is 4.39 Å². The molecule has 2 rings (SSSR count). The molecule has 2 aromatic rings. The quantitative estimate of drug-likeness (QED) is 0.773. The van der Waals surface area contributed by atoms with E-state index in [0.29, 0.717) is 12.4 Å². The molecule has 0 unspecified atom stereocenters. The van der Waals surface area contributed by atoms with Gasteiger partial charge in [-0.1, -0.05) is 24.3 Å². The Hall–Kier alpha value is -2.60. The molecule has 94 valence electrons. The fourth-order valence-electron chi connectivity index (χ4n) is 1.60. The third-order valence-electron chi connectivity index (χ3n) is 2.52. The van der Waals surface area contributed by atoms with Crippen molar-refractivity contribution >= 4 is 6.08 Å². The summed E-state index contributed by atoms with van der Waals surface area (Å²) in [6.07, 6.45) is 3.14. The molecule has 0 atom stereocenters. The van der Waals surface area contributed by atoms with Gasteiger partial charge in [0.15, 0.2) is 0 Å². The standard InChI is InChI=1S/C16H12FNO/c17-15-5-1-3-14(11-15)12-19-16-8-6-13(7-9-16)4-2-10-18/h1-9,11H,12H2/b4-2+. The summed E-state index contributed by atoms with van der Waals surface area (Å²) in [6.45, 7) is 0.325. The number of ether oxygens (including phenoxy) is 1. The summed E-state index contributed by atoms with van der Waals surface area (Å²) in [5.41, 5.74) is 1.72. The van der Waals surface area contributed by atoms with Crippen LogP contribution < -0.4 is 4.74 Å². The van der Waals surface area contributed by atoms with Crippen molar-refractivity contribution in [1.82, 2.24) is 0 Å². The van der Waals surface area contributed by atoms with Gasteiger partial charge in [0, 0.05) is 6.08 Å². The van der Waals surface area contributed by atoms with Gasteiger partial charge in [-0.15, -0.1) is 0 Å². The van der Waals surface area contributed by atoms with Crippen LogP contribution in [0.3, 0.4) is 0 Å². The van der Waals surface area contributed by atoms with E-state index in [1.807, 2.05) is 36.4 Å². The summed E-state index contributed by atoms with van der Waals surface area (Å²) in [5, 5.41) is 8.42. The van der Waals surface area contributed by atoms with Crippen molar-refractivity contribution in [2.75, 3.05) is 0 Å². The third-order valence-corrected chi connectivity index (χ3v) is 2.52. The molecule has 0 fully saturated rings. The third kappa shape index (κ3) is 3.97. The van der Waals surface area contributed by atoms with Crippen molar-refractivity contribution in [3.63, 3.8) is 0 Å². The molecule has 2 nitrogen and oxygen atoms in total. The zero-order chi connectivity index (χ0) is 13.5. The lowest BCUT2D eigenvalue weighted by atomic mass is 10.2. The van der Waals surface area contributed by atoms with E-state index in [1.165, 1.54) is 18.2 Å². The number of hydrogen-bond acceptors (Lipinski definition) is 2. The second-order valence-electron chi connectivity index (χ2n) is 3.95. The Balaban J connectivity index is 1.97. The highest BCUT2D eigenvalue weighted by Crippen LogP contribution is 2.15. The minimum atomic E-state index is -0.266. The average Bonchev–Trinajstić information content (AvgIpc) is 2.44. The summed E-state index contributed by atoms with van der Waals surface area (Å²) in [4.78, 5) is 0. The lowest BCUT2D eigenvalue weighted by Crippen LogP contribution is -1.95. The number of rotatable bonds is 4. The smallest absolute Gasteiger partial charge is 0.123 e. The Morgan fingerprint density at radius 2 is 1.95 bits per heavy atom. The first-order valence-electron chi connectivity index (χ1n) is 5.81. The van der Waals surface area contributed by atoms with Crippen LogP contribution in [-0.2, 0) is 6.61 Å². The van der Waals surface area contributed by atoms with E-state index in [1.54, 1.807) is 12.1 Å². The van der Waals surface area contributed by atoms with Crippen molar-refractivity contribution in [2.24, 2.45) is 0 Å². The molecule has 0 saturated carbocycles. The Kier molecular flexibility index (Phi) is 4.30. The van der Waals surface area contributed by atoms with Crippen LogP contribution in [0.1, 0.15) is 11.1 Å². The monoisotopic (exact) mass is 253 g/mol.